The number of carbonyl (C=O) groups is 1. The van der Waals surface area contributed by atoms with Crippen LogP contribution in [0.2, 0.25) is 0 Å². The Morgan fingerprint density at radius 1 is 1.06 bits per heavy atom. The number of amides is 1. The highest BCUT2D eigenvalue weighted by atomic mass is 19.2. The molecule has 1 aliphatic heterocycles. The number of carbonyl (C=O) groups excluding carboxylic acids is 1. The van der Waals surface area contributed by atoms with E-state index < -0.39 is 35.2 Å². The molecule has 2 heterocycles. The van der Waals surface area contributed by atoms with Crippen molar-refractivity contribution in [1.82, 2.24) is 15.1 Å². The van der Waals surface area contributed by atoms with E-state index in [0.717, 1.165) is 6.07 Å². The van der Waals surface area contributed by atoms with Crippen LogP contribution in [0.25, 0.3) is 11.3 Å². The molecule has 0 spiro atoms. The third kappa shape index (κ3) is 4.26. The highest BCUT2D eigenvalue weighted by Crippen LogP contribution is 2.27. The fraction of sp³-hybridized carbons (Fsp3) is 0.273. The summed E-state index contributed by atoms with van der Waals surface area (Å²) in [5.41, 5.74) is 0.955. The van der Waals surface area contributed by atoms with Crippen molar-refractivity contribution in [3.05, 3.63) is 71.4 Å². The fourth-order valence-electron chi connectivity index (χ4n) is 3.76. The SMILES string of the molecule is Cn1ccc(-c2ccc(C(=O)NC3CCCN(c4ccc(F)c(F)c4F)C3)c(F)c2)n1. The molecule has 5 nitrogen and oxygen atoms in total. The first kappa shape index (κ1) is 20.9. The molecule has 0 radical (unpaired) electrons. The Kier molecular flexibility index (Phi) is 5.67. The maximum atomic E-state index is 14.6. The summed E-state index contributed by atoms with van der Waals surface area (Å²) in [6.45, 7) is 0.628. The average molecular weight is 432 g/mol. The Morgan fingerprint density at radius 3 is 2.58 bits per heavy atom. The summed E-state index contributed by atoms with van der Waals surface area (Å²) in [4.78, 5) is 14.2. The van der Waals surface area contributed by atoms with Gasteiger partial charge in [-0.15, -0.1) is 0 Å². The number of hydrogen-bond acceptors (Lipinski definition) is 3. The molecule has 1 N–H and O–H groups in total. The Labute approximate surface area is 176 Å². The molecule has 0 bridgehead atoms. The van der Waals surface area contributed by atoms with Crippen LogP contribution in [-0.2, 0) is 7.05 Å². The maximum absolute atomic E-state index is 14.6. The van der Waals surface area contributed by atoms with Gasteiger partial charge in [0.25, 0.3) is 5.91 Å². The Balaban J connectivity index is 1.47. The van der Waals surface area contributed by atoms with Gasteiger partial charge < -0.3 is 10.2 Å². The number of anilines is 1. The quantitative estimate of drug-likeness (QED) is 0.500. The van der Waals surface area contributed by atoms with Crippen LogP contribution in [0.1, 0.15) is 23.2 Å². The fourth-order valence-corrected chi connectivity index (χ4v) is 3.76. The number of rotatable bonds is 4. The van der Waals surface area contributed by atoms with Gasteiger partial charge in [0, 0.05) is 37.9 Å². The van der Waals surface area contributed by atoms with Crippen molar-refractivity contribution in [3.63, 3.8) is 0 Å². The molecule has 1 atom stereocenters. The lowest BCUT2D eigenvalue weighted by molar-refractivity contribution is 0.0929. The second kappa shape index (κ2) is 8.41. The zero-order valence-electron chi connectivity index (χ0n) is 16.7. The van der Waals surface area contributed by atoms with E-state index in [2.05, 4.69) is 10.4 Å². The smallest absolute Gasteiger partial charge is 0.254 e. The lowest BCUT2D eigenvalue weighted by Crippen LogP contribution is -2.48. The van der Waals surface area contributed by atoms with Crippen LogP contribution in [-0.4, -0.2) is 34.8 Å². The molecule has 0 aliphatic carbocycles. The summed E-state index contributed by atoms with van der Waals surface area (Å²) in [5.74, 6) is -5.32. The molecule has 1 amide bonds. The number of halogens is 4. The molecule has 1 saturated heterocycles. The van der Waals surface area contributed by atoms with Crippen LogP contribution in [0.5, 0.6) is 0 Å². The molecule has 31 heavy (non-hydrogen) atoms. The Morgan fingerprint density at radius 2 is 1.87 bits per heavy atom. The molecule has 162 valence electrons. The Bertz CT molecular complexity index is 1130. The van der Waals surface area contributed by atoms with Crippen LogP contribution >= 0.6 is 0 Å². The molecule has 9 heteroatoms. The standard InChI is InChI=1S/C22H20F4N4O/c1-29-10-8-18(28-29)13-4-5-15(17(24)11-13)22(31)27-14-3-2-9-30(12-14)19-7-6-16(23)20(25)21(19)26/h4-8,10-11,14H,2-3,9,12H2,1H3,(H,27,31). The molecule has 1 fully saturated rings. The third-order valence-electron chi connectivity index (χ3n) is 5.34. The topological polar surface area (TPSA) is 50.2 Å². The van der Waals surface area contributed by atoms with Crippen LogP contribution < -0.4 is 10.2 Å². The first-order valence-electron chi connectivity index (χ1n) is 9.82. The van der Waals surface area contributed by atoms with E-state index in [0.29, 0.717) is 30.6 Å². The largest absolute Gasteiger partial charge is 0.367 e. The van der Waals surface area contributed by atoms with E-state index in [9.17, 15) is 22.4 Å². The van der Waals surface area contributed by atoms with Crippen LogP contribution in [0.15, 0.2) is 42.6 Å². The van der Waals surface area contributed by atoms with E-state index >= 15 is 0 Å². The number of piperidine rings is 1. The van der Waals surface area contributed by atoms with Gasteiger partial charge in [0.1, 0.15) is 5.82 Å². The van der Waals surface area contributed by atoms with Gasteiger partial charge in [0.15, 0.2) is 17.5 Å². The summed E-state index contributed by atoms with van der Waals surface area (Å²) in [5, 5.41) is 6.96. The molecule has 0 saturated carbocycles. The maximum Gasteiger partial charge on any atom is 0.254 e. The molecule has 1 unspecified atom stereocenters. The minimum absolute atomic E-state index is 0.0660. The van der Waals surface area contributed by atoms with Crippen molar-refractivity contribution in [2.45, 2.75) is 18.9 Å². The van der Waals surface area contributed by atoms with Crippen molar-refractivity contribution < 1.29 is 22.4 Å². The van der Waals surface area contributed by atoms with Crippen molar-refractivity contribution in [1.29, 1.82) is 0 Å². The Hall–Kier alpha value is -3.36. The second-order valence-corrected chi connectivity index (χ2v) is 7.52. The molecule has 1 aliphatic rings. The number of hydrogen-bond donors (Lipinski definition) is 1. The summed E-state index contributed by atoms with van der Waals surface area (Å²) in [6, 6.07) is 7.64. The van der Waals surface area contributed by atoms with Crippen molar-refractivity contribution in [3.8, 4) is 11.3 Å². The van der Waals surface area contributed by atoms with Gasteiger partial charge in [0.2, 0.25) is 0 Å². The van der Waals surface area contributed by atoms with Gasteiger partial charge >= 0.3 is 0 Å². The summed E-state index contributed by atoms with van der Waals surface area (Å²) in [7, 11) is 1.75. The molecule has 4 rings (SSSR count). The first-order chi connectivity index (χ1) is 14.8. The number of aryl methyl sites for hydroxylation is 1. The molecule has 1 aromatic heterocycles. The lowest BCUT2D eigenvalue weighted by atomic mass is 10.0. The predicted molar refractivity (Wildman–Crippen MR) is 108 cm³/mol. The number of aromatic nitrogens is 2. The molecular formula is C22H20F4N4O. The van der Waals surface area contributed by atoms with Crippen LogP contribution in [0, 0.1) is 23.3 Å². The van der Waals surface area contributed by atoms with Crippen molar-refractivity contribution >= 4 is 11.6 Å². The molecule has 3 aromatic rings. The van der Waals surface area contributed by atoms with E-state index in [1.807, 2.05) is 0 Å². The zero-order valence-corrected chi connectivity index (χ0v) is 16.7. The highest BCUT2D eigenvalue weighted by molar-refractivity contribution is 5.95. The van der Waals surface area contributed by atoms with Gasteiger partial charge in [-0.1, -0.05) is 6.07 Å². The summed E-state index contributed by atoms with van der Waals surface area (Å²) < 4.78 is 57.1. The van der Waals surface area contributed by atoms with Crippen molar-refractivity contribution in [2.24, 2.45) is 7.05 Å². The average Bonchev–Trinajstić information content (AvgIpc) is 3.18. The highest BCUT2D eigenvalue weighted by Gasteiger charge is 2.26. The first-order valence-corrected chi connectivity index (χ1v) is 9.82. The van der Waals surface area contributed by atoms with E-state index in [1.54, 1.807) is 35.0 Å². The summed E-state index contributed by atoms with van der Waals surface area (Å²) in [6.07, 6.45) is 2.93. The normalized spacial score (nSPS) is 16.4. The van der Waals surface area contributed by atoms with E-state index in [1.165, 1.54) is 18.2 Å². The molecular weight excluding hydrogens is 412 g/mol. The van der Waals surface area contributed by atoms with E-state index in [4.69, 9.17) is 0 Å². The minimum atomic E-state index is -1.53. The van der Waals surface area contributed by atoms with Gasteiger partial charge in [0.05, 0.1) is 16.9 Å². The van der Waals surface area contributed by atoms with Gasteiger partial charge in [-0.25, -0.2) is 17.6 Å². The predicted octanol–water partition coefficient (Wildman–Crippen LogP) is 4.04. The summed E-state index contributed by atoms with van der Waals surface area (Å²) >= 11 is 0. The van der Waals surface area contributed by atoms with Gasteiger partial charge in [-0.3, -0.25) is 9.48 Å². The lowest BCUT2D eigenvalue weighted by Gasteiger charge is -2.35. The van der Waals surface area contributed by atoms with E-state index in [-0.39, 0.29) is 17.8 Å². The van der Waals surface area contributed by atoms with Gasteiger partial charge in [-0.2, -0.15) is 5.10 Å². The number of nitrogens with one attached hydrogen (secondary N) is 1. The number of benzene rings is 2. The van der Waals surface area contributed by atoms with Crippen LogP contribution in [0.3, 0.4) is 0 Å². The molecule has 2 aromatic carbocycles. The zero-order chi connectivity index (χ0) is 22.1. The van der Waals surface area contributed by atoms with Crippen molar-refractivity contribution in [2.75, 3.05) is 18.0 Å². The van der Waals surface area contributed by atoms with Crippen LogP contribution in [0.4, 0.5) is 23.2 Å². The van der Waals surface area contributed by atoms with Gasteiger partial charge in [-0.05, 0) is 43.2 Å². The second-order valence-electron chi connectivity index (χ2n) is 7.52. The monoisotopic (exact) mass is 432 g/mol. The third-order valence-corrected chi connectivity index (χ3v) is 5.34. The minimum Gasteiger partial charge on any atom is -0.367 e. The number of nitrogens with zero attached hydrogens (tertiary/aromatic N) is 3.